The van der Waals surface area contributed by atoms with Crippen molar-refractivity contribution in [2.75, 3.05) is 7.05 Å². The molecule has 0 saturated heterocycles. The third-order valence-corrected chi connectivity index (χ3v) is 6.06. The summed E-state index contributed by atoms with van der Waals surface area (Å²) in [6.07, 6.45) is 11.6. The highest BCUT2D eigenvalue weighted by Gasteiger charge is 2.28. The lowest BCUT2D eigenvalue weighted by molar-refractivity contribution is 0.382. The number of nitrogens with one attached hydrogen (secondary N) is 1. The van der Waals surface area contributed by atoms with Crippen molar-refractivity contribution in [1.82, 2.24) is 5.32 Å². The van der Waals surface area contributed by atoms with Gasteiger partial charge < -0.3 is 5.32 Å². The monoisotopic (exact) mass is 241 g/mol. The molecule has 4 unspecified atom stereocenters. The number of hydrogen-bond acceptors (Lipinski definition) is 2. The first-order valence-corrected chi connectivity index (χ1v) is 8.06. The highest BCUT2D eigenvalue weighted by molar-refractivity contribution is 8.00. The van der Waals surface area contributed by atoms with Crippen molar-refractivity contribution in [3.05, 3.63) is 0 Å². The van der Waals surface area contributed by atoms with Crippen LogP contribution in [0.25, 0.3) is 0 Å². The molecule has 2 saturated carbocycles. The Kier molecular flexibility index (Phi) is 5.02. The molecule has 16 heavy (non-hydrogen) atoms. The predicted octanol–water partition coefficient (Wildman–Crippen LogP) is 3.83. The van der Waals surface area contributed by atoms with Crippen LogP contribution in [0.2, 0.25) is 0 Å². The van der Waals surface area contributed by atoms with Gasteiger partial charge in [0.2, 0.25) is 0 Å². The molecule has 2 rings (SSSR count). The summed E-state index contributed by atoms with van der Waals surface area (Å²) < 4.78 is 0. The Morgan fingerprint density at radius 3 is 2.56 bits per heavy atom. The van der Waals surface area contributed by atoms with E-state index in [-0.39, 0.29) is 0 Å². The van der Waals surface area contributed by atoms with Crippen molar-refractivity contribution in [1.29, 1.82) is 0 Å². The molecule has 1 nitrogen and oxygen atoms in total. The summed E-state index contributed by atoms with van der Waals surface area (Å²) in [5.74, 6) is 0.975. The van der Waals surface area contributed by atoms with E-state index in [1.165, 1.54) is 51.4 Å². The summed E-state index contributed by atoms with van der Waals surface area (Å²) in [7, 11) is 2.15. The molecule has 2 heteroatoms. The van der Waals surface area contributed by atoms with Crippen LogP contribution in [0.5, 0.6) is 0 Å². The lowest BCUT2D eigenvalue weighted by Crippen LogP contribution is -2.39. The quantitative estimate of drug-likeness (QED) is 0.806. The summed E-state index contributed by atoms with van der Waals surface area (Å²) >= 11 is 2.32. The van der Waals surface area contributed by atoms with E-state index >= 15 is 0 Å². The average Bonchev–Trinajstić information content (AvgIpc) is 2.30. The Bertz CT molecular complexity index is 207. The van der Waals surface area contributed by atoms with Gasteiger partial charge >= 0.3 is 0 Å². The highest BCUT2D eigenvalue weighted by atomic mass is 32.2. The summed E-state index contributed by atoms with van der Waals surface area (Å²) in [6, 6.07) is 0.788. The van der Waals surface area contributed by atoms with Crippen molar-refractivity contribution < 1.29 is 0 Å². The summed E-state index contributed by atoms with van der Waals surface area (Å²) in [6.45, 7) is 2.43. The topological polar surface area (TPSA) is 12.0 Å². The molecule has 0 heterocycles. The number of rotatable bonds is 3. The van der Waals surface area contributed by atoms with Gasteiger partial charge in [-0.15, -0.1) is 0 Å². The van der Waals surface area contributed by atoms with Crippen LogP contribution in [0.3, 0.4) is 0 Å². The van der Waals surface area contributed by atoms with Crippen LogP contribution >= 0.6 is 11.8 Å². The third-order valence-electron chi connectivity index (χ3n) is 4.33. The van der Waals surface area contributed by atoms with Crippen LogP contribution in [0, 0.1) is 5.92 Å². The standard InChI is InChI=1S/C14H27NS/c1-11-6-5-7-12(10-11)16-14-9-4-3-8-13(14)15-2/h11-15H,3-10H2,1-2H3. The second-order valence-corrected chi connectivity index (χ2v) is 7.29. The summed E-state index contributed by atoms with van der Waals surface area (Å²) in [5, 5.41) is 5.39. The van der Waals surface area contributed by atoms with Crippen LogP contribution < -0.4 is 5.32 Å². The number of hydrogen-bond donors (Lipinski definition) is 1. The van der Waals surface area contributed by atoms with E-state index in [2.05, 4.69) is 31.1 Å². The van der Waals surface area contributed by atoms with E-state index in [9.17, 15) is 0 Å². The van der Waals surface area contributed by atoms with Crippen molar-refractivity contribution >= 4 is 11.8 Å². The van der Waals surface area contributed by atoms with Crippen LogP contribution in [-0.4, -0.2) is 23.6 Å². The minimum absolute atomic E-state index is 0.788. The Morgan fingerprint density at radius 1 is 1.00 bits per heavy atom. The largest absolute Gasteiger partial charge is 0.316 e. The Labute approximate surface area is 105 Å². The zero-order chi connectivity index (χ0) is 11.4. The van der Waals surface area contributed by atoms with Gasteiger partial charge in [0.25, 0.3) is 0 Å². The molecule has 0 amide bonds. The second-order valence-electron chi connectivity index (χ2n) is 5.75. The minimum atomic E-state index is 0.788. The van der Waals surface area contributed by atoms with E-state index in [4.69, 9.17) is 0 Å². The van der Waals surface area contributed by atoms with E-state index < -0.39 is 0 Å². The maximum absolute atomic E-state index is 3.53. The van der Waals surface area contributed by atoms with Crippen LogP contribution in [0.4, 0.5) is 0 Å². The van der Waals surface area contributed by atoms with Crippen LogP contribution in [0.1, 0.15) is 58.3 Å². The SMILES string of the molecule is CNC1CCCCC1SC1CCCC(C)C1. The van der Waals surface area contributed by atoms with Crippen molar-refractivity contribution in [2.24, 2.45) is 5.92 Å². The lowest BCUT2D eigenvalue weighted by Gasteiger charge is -2.35. The molecule has 94 valence electrons. The summed E-state index contributed by atoms with van der Waals surface area (Å²) in [5.41, 5.74) is 0. The minimum Gasteiger partial charge on any atom is -0.316 e. The molecular formula is C14H27NS. The van der Waals surface area contributed by atoms with Gasteiger partial charge in [-0.25, -0.2) is 0 Å². The van der Waals surface area contributed by atoms with Gasteiger partial charge in [0.1, 0.15) is 0 Å². The van der Waals surface area contributed by atoms with Gasteiger partial charge in [0, 0.05) is 16.5 Å². The van der Waals surface area contributed by atoms with Gasteiger partial charge in [-0.1, -0.05) is 32.6 Å². The molecule has 0 spiro atoms. The van der Waals surface area contributed by atoms with E-state index in [0.717, 1.165) is 22.5 Å². The molecule has 0 aromatic heterocycles. The normalized spacial score (nSPS) is 40.9. The first kappa shape index (κ1) is 12.8. The fraction of sp³-hybridized carbons (Fsp3) is 1.00. The van der Waals surface area contributed by atoms with E-state index in [0.29, 0.717) is 0 Å². The fourth-order valence-corrected chi connectivity index (χ4v) is 5.34. The molecule has 0 radical (unpaired) electrons. The van der Waals surface area contributed by atoms with E-state index in [1.807, 2.05) is 0 Å². The summed E-state index contributed by atoms with van der Waals surface area (Å²) in [4.78, 5) is 0. The zero-order valence-corrected chi connectivity index (χ0v) is 11.7. The van der Waals surface area contributed by atoms with Crippen LogP contribution in [0.15, 0.2) is 0 Å². The fourth-order valence-electron chi connectivity index (χ4n) is 3.34. The van der Waals surface area contributed by atoms with Gasteiger partial charge in [-0.2, -0.15) is 11.8 Å². The molecule has 4 atom stereocenters. The molecule has 0 aliphatic heterocycles. The maximum Gasteiger partial charge on any atom is 0.0203 e. The molecule has 0 aromatic carbocycles. The first-order chi connectivity index (χ1) is 7.79. The Hall–Kier alpha value is 0.310. The highest BCUT2D eigenvalue weighted by Crippen LogP contribution is 2.38. The second kappa shape index (κ2) is 6.30. The number of thioether (sulfide) groups is 1. The van der Waals surface area contributed by atoms with Gasteiger partial charge in [0.05, 0.1) is 0 Å². The molecular weight excluding hydrogens is 214 g/mol. The van der Waals surface area contributed by atoms with Gasteiger partial charge in [0.15, 0.2) is 0 Å². The molecule has 0 aromatic rings. The van der Waals surface area contributed by atoms with Crippen molar-refractivity contribution in [2.45, 2.75) is 74.8 Å². The van der Waals surface area contributed by atoms with E-state index in [1.54, 1.807) is 0 Å². The third kappa shape index (κ3) is 3.40. The lowest BCUT2D eigenvalue weighted by atomic mass is 9.90. The Balaban J connectivity index is 1.82. The maximum atomic E-state index is 3.53. The van der Waals surface area contributed by atoms with Crippen LogP contribution in [-0.2, 0) is 0 Å². The van der Waals surface area contributed by atoms with Crippen molar-refractivity contribution in [3.63, 3.8) is 0 Å². The first-order valence-electron chi connectivity index (χ1n) is 7.12. The molecule has 2 fully saturated rings. The smallest absolute Gasteiger partial charge is 0.0203 e. The van der Waals surface area contributed by atoms with Gasteiger partial charge in [-0.3, -0.25) is 0 Å². The molecule has 1 N–H and O–H groups in total. The van der Waals surface area contributed by atoms with Gasteiger partial charge in [-0.05, 0) is 38.6 Å². The molecule has 2 aliphatic carbocycles. The predicted molar refractivity (Wildman–Crippen MR) is 74.1 cm³/mol. The molecule has 2 aliphatic rings. The Morgan fingerprint density at radius 2 is 1.81 bits per heavy atom. The average molecular weight is 241 g/mol. The van der Waals surface area contributed by atoms with Crippen molar-refractivity contribution in [3.8, 4) is 0 Å². The zero-order valence-electron chi connectivity index (χ0n) is 10.9. The molecule has 0 bridgehead atoms.